The van der Waals surface area contributed by atoms with Gasteiger partial charge in [-0.15, -0.1) is 0 Å². The van der Waals surface area contributed by atoms with Gasteiger partial charge < -0.3 is 5.32 Å². The molecule has 1 N–H and O–H groups in total. The molecule has 0 radical (unpaired) electrons. The lowest BCUT2D eigenvalue weighted by molar-refractivity contribution is 0.467. The average molecular weight is 182 g/mol. The molecule has 1 aromatic heterocycles. The third-order valence-corrected chi connectivity index (χ3v) is 1.89. The summed E-state index contributed by atoms with van der Waals surface area (Å²) >= 11 is 0. The standard InChI is InChI=1S/C7H12N4.C2H6/c1-2-6-9-7-5-8-3-4-11(7)10-6;1-2/h8H,2-5H2,1H3;1-2H3. The summed E-state index contributed by atoms with van der Waals surface area (Å²) in [6.45, 7) is 8.92. The van der Waals surface area contributed by atoms with Crippen molar-refractivity contribution < 1.29 is 0 Å². The second-order valence-electron chi connectivity index (χ2n) is 2.70. The molecule has 2 heterocycles. The predicted octanol–water partition coefficient (Wildman–Crippen LogP) is 0.970. The Morgan fingerprint density at radius 2 is 2.23 bits per heavy atom. The van der Waals surface area contributed by atoms with E-state index in [4.69, 9.17) is 0 Å². The van der Waals surface area contributed by atoms with Crippen LogP contribution < -0.4 is 5.32 Å². The van der Waals surface area contributed by atoms with Gasteiger partial charge in [-0.3, -0.25) is 0 Å². The summed E-state index contributed by atoms with van der Waals surface area (Å²) < 4.78 is 2.00. The second kappa shape index (κ2) is 4.97. The Kier molecular flexibility index (Phi) is 3.89. The predicted molar refractivity (Wildman–Crippen MR) is 52.5 cm³/mol. The minimum atomic E-state index is 0.868. The van der Waals surface area contributed by atoms with Crippen molar-refractivity contribution in [3.63, 3.8) is 0 Å². The van der Waals surface area contributed by atoms with Gasteiger partial charge in [0.2, 0.25) is 0 Å². The van der Waals surface area contributed by atoms with Crippen LogP contribution in [0.3, 0.4) is 0 Å². The molecule has 0 atom stereocenters. The summed E-state index contributed by atoms with van der Waals surface area (Å²) in [5.74, 6) is 2.04. The van der Waals surface area contributed by atoms with Crippen molar-refractivity contribution in [3.05, 3.63) is 11.6 Å². The normalized spacial score (nSPS) is 14.4. The molecule has 0 amide bonds. The van der Waals surface area contributed by atoms with Crippen molar-refractivity contribution in [3.8, 4) is 0 Å². The monoisotopic (exact) mass is 182 g/mol. The van der Waals surface area contributed by atoms with E-state index in [-0.39, 0.29) is 0 Å². The lowest BCUT2D eigenvalue weighted by atomic mass is 10.4. The van der Waals surface area contributed by atoms with Gasteiger partial charge in [0.25, 0.3) is 0 Å². The van der Waals surface area contributed by atoms with Crippen LogP contribution in [0.4, 0.5) is 0 Å². The number of nitrogens with one attached hydrogen (secondary N) is 1. The van der Waals surface area contributed by atoms with Crippen molar-refractivity contribution >= 4 is 0 Å². The molecule has 0 saturated heterocycles. The van der Waals surface area contributed by atoms with Crippen molar-refractivity contribution in [2.45, 2.75) is 40.3 Å². The zero-order valence-corrected chi connectivity index (χ0v) is 8.67. The van der Waals surface area contributed by atoms with E-state index in [9.17, 15) is 0 Å². The number of hydrogen-bond acceptors (Lipinski definition) is 3. The molecule has 74 valence electrons. The van der Waals surface area contributed by atoms with Gasteiger partial charge in [0.15, 0.2) is 5.82 Å². The minimum Gasteiger partial charge on any atom is -0.308 e. The quantitative estimate of drug-likeness (QED) is 0.703. The van der Waals surface area contributed by atoms with Crippen LogP contribution in [-0.2, 0) is 19.5 Å². The zero-order valence-electron chi connectivity index (χ0n) is 8.67. The molecule has 0 bridgehead atoms. The first-order valence-electron chi connectivity index (χ1n) is 5.03. The first-order valence-corrected chi connectivity index (χ1v) is 5.03. The van der Waals surface area contributed by atoms with Gasteiger partial charge in [-0.1, -0.05) is 20.8 Å². The van der Waals surface area contributed by atoms with Crippen LogP contribution in [-0.4, -0.2) is 21.3 Å². The molecule has 4 nitrogen and oxygen atoms in total. The van der Waals surface area contributed by atoms with E-state index < -0.39 is 0 Å². The first kappa shape index (κ1) is 10.2. The molecular formula is C9H18N4. The number of aryl methyl sites for hydroxylation is 1. The van der Waals surface area contributed by atoms with Gasteiger partial charge in [-0.25, -0.2) is 9.67 Å². The van der Waals surface area contributed by atoms with Gasteiger partial charge in [-0.2, -0.15) is 5.10 Å². The van der Waals surface area contributed by atoms with E-state index in [1.807, 2.05) is 18.5 Å². The van der Waals surface area contributed by atoms with Gasteiger partial charge in [0, 0.05) is 13.0 Å². The Hall–Kier alpha value is -0.900. The van der Waals surface area contributed by atoms with E-state index in [0.29, 0.717) is 0 Å². The third kappa shape index (κ3) is 2.28. The third-order valence-electron chi connectivity index (χ3n) is 1.89. The fraction of sp³-hybridized carbons (Fsp3) is 0.778. The van der Waals surface area contributed by atoms with Gasteiger partial charge in [0.1, 0.15) is 5.82 Å². The molecule has 1 aromatic rings. The van der Waals surface area contributed by atoms with E-state index >= 15 is 0 Å². The van der Waals surface area contributed by atoms with Crippen molar-refractivity contribution in [1.82, 2.24) is 20.1 Å². The second-order valence-corrected chi connectivity index (χ2v) is 2.70. The highest BCUT2D eigenvalue weighted by atomic mass is 15.4. The van der Waals surface area contributed by atoms with Crippen molar-refractivity contribution in [2.75, 3.05) is 6.54 Å². The van der Waals surface area contributed by atoms with Crippen LogP contribution in [0.1, 0.15) is 32.4 Å². The minimum absolute atomic E-state index is 0.868. The molecule has 0 aliphatic carbocycles. The number of fused-ring (bicyclic) bond motifs is 1. The smallest absolute Gasteiger partial charge is 0.150 e. The van der Waals surface area contributed by atoms with Crippen LogP contribution in [0, 0.1) is 0 Å². The Bertz CT molecular complexity index is 231. The first-order chi connectivity index (χ1) is 6.40. The molecule has 2 rings (SSSR count). The number of rotatable bonds is 1. The maximum Gasteiger partial charge on any atom is 0.150 e. The van der Waals surface area contributed by atoms with Crippen LogP contribution in [0.15, 0.2) is 0 Å². The molecule has 0 fully saturated rings. The van der Waals surface area contributed by atoms with Crippen molar-refractivity contribution in [1.29, 1.82) is 0 Å². The molecule has 1 aliphatic heterocycles. The van der Waals surface area contributed by atoms with Crippen LogP contribution in [0.5, 0.6) is 0 Å². The number of nitrogens with zero attached hydrogens (tertiary/aromatic N) is 3. The maximum absolute atomic E-state index is 4.36. The topological polar surface area (TPSA) is 42.7 Å². The SMILES string of the molecule is CC.CCc1nc2n(n1)CCNC2. The van der Waals surface area contributed by atoms with Gasteiger partial charge >= 0.3 is 0 Å². The van der Waals surface area contributed by atoms with E-state index in [2.05, 4.69) is 22.3 Å². The van der Waals surface area contributed by atoms with Gasteiger partial charge in [0.05, 0.1) is 13.1 Å². The van der Waals surface area contributed by atoms with E-state index in [1.165, 1.54) is 0 Å². The van der Waals surface area contributed by atoms with Crippen LogP contribution >= 0.6 is 0 Å². The largest absolute Gasteiger partial charge is 0.308 e. The fourth-order valence-electron chi connectivity index (χ4n) is 1.27. The molecular weight excluding hydrogens is 164 g/mol. The lowest BCUT2D eigenvalue weighted by Crippen LogP contribution is -2.28. The summed E-state index contributed by atoms with van der Waals surface area (Å²) in [5, 5.41) is 7.59. The lowest BCUT2D eigenvalue weighted by Gasteiger charge is -2.11. The number of hydrogen-bond donors (Lipinski definition) is 1. The highest BCUT2D eigenvalue weighted by Crippen LogP contribution is 2.02. The zero-order chi connectivity index (χ0) is 9.68. The van der Waals surface area contributed by atoms with E-state index in [1.54, 1.807) is 0 Å². The summed E-state index contributed by atoms with van der Waals surface area (Å²) in [5.41, 5.74) is 0. The summed E-state index contributed by atoms with van der Waals surface area (Å²) in [4.78, 5) is 4.36. The Morgan fingerprint density at radius 3 is 2.85 bits per heavy atom. The average Bonchev–Trinajstić information content (AvgIpc) is 2.63. The Labute approximate surface area is 79.4 Å². The molecule has 0 saturated carbocycles. The van der Waals surface area contributed by atoms with E-state index in [0.717, 1.165) is 37.7 Å². The van der Waals surface area contributed by atoms with Gasteiger partial charge in [-0.05, 0) is 0 Å². The Balaban J connectivity index is 0.000000396. The number of aromatic nitrogens is 3. The Morgan fingerprint density at radius 1 is 1.46 bits per heavy atom. The molecule has 13 heavy (non-hydrogen) atoms. The molecule has 0 unspecified atom stereocenters. The summed E-state index contributed by atoms with van der Waals surface area (Å²) in [6, 6.07) is 0. The van der Waals surface area contributed by atoms with Crippen LogP contribution in [0.2, 0.25) is 0 Å². The molecule has 1 aliphatic rings. The van der Waals surface area contributed by atoms with Crippen LogP contribution in [0.25, 0.3) is 0 Å². The summed E-state index contributed by atoms with van der Waals surface area (Å²) in [6.07, 6.45) is 0.931. The molecule has 4 heteroatoms. The fourth-order valence-corrected chi connectivity index (χ4v) is 1.27. The van der Waals surface area contributed by atoms with Crippen molar-refractivity contribution in [2.24, 2.45) is 0 Å². The highest BCUT2D eigenvalue weighted by Gasteiger charge is 2.11. The highest BCUT2D eigenvalue weighted by molar-refractivity contribution is 4.94. The summed E-state index contributed by atoms with van der Waals surface area (Å²) in [7, 11) is 0. The molecule has 0 spiro atoms. The maximum atomic E-state index is 4.36. The molecule has 0 aromatic carbocycles.